The maximum absolute atomic E-state index is 10.3. The number of phenolic OH excluding ortho intramolecular Hbond substituents is 1. The topological polar surface area (TPSA) is 58.3 Å². The van der Waals surface area contributed by atoms with E-state index in [2.05, 4.69) is 17.4 Å². The molecule has 3 heteroatoms. The van der Waals surface area contributed by atoms with Crippen molar-refractivity contribution in [1.82, 2.24) is 5.32 Å². The van der Waals surface area contributed by atoms with Crippen molar-refractivity contribution in [2.75, 3.05) is 0 Å². The molecule has 20 heavy (non-hydrogen) atoms. The second kappa shape index (κ2) is 5.02. The molecule has 102 valence electrons. The third-order valence-electron chi connectivity index (χ3n) is 3.72. The average molecular weight is 266 g/mol. The van der Waals surface area contributed by atoms with E-state index in [0.29, 0.717) is 0 Å². The minimum atomic E-state index is -0.0820. The van der Waals surface area contributed by atoms with Gasteiger partial charge in [-0.2, -0.15) is 0 Å². The summed E-state index contributed by atoms with van der Waals surface area (Å²) in [5.74, 6) is 0.280. The van der Waals surface area contributed by atoms with Gasteiger partial charge in [0.1, 0.15) is 5.75 Å². The highest BCUT2D eigenvalue weighted by Gasteiger charge is 2.21. The van der Waals surface area contributed by atoms with Gasteiger partial charge in [0.2, 0.25) is 0 Å². The van der Waals surface area contributed by atoms with Gasteiger partial charge in [0.05, 0.1) is 6.04 Å². The zero-order chi connectivity index (χ0) is 14.1. The lowest BCUT2D eigenvalue weighted by Crippen LogP contribution is -2.21. The number of hydrogen-bond acceptors (Lipinski definition) is 3. The van der Waals surface area contributed by atoms with Crippen LogP contribution in [0.25, 0.3) is 6.08 Å². The first-order valence-electron chi connectivity index (χ1n) is 6.77. The Kier molecular flexibility index (Phi) is 3.20. The van der Waals surface area contributed by atoms with Crippen LogP contribution >= 0.6 is 0 Å². The third kappa shape index (κ3) is 2.17. The molecule has 0 amide bonds. The number of nitrogens with one attached hydrogen (secondary N) is 1. The summed E-state index contributed by atoms with van der Waals surface area (Å²) in [7, 11) is 0. The number of benzene rings is 2. The third-order valence-corrected chi connectivity index (χ3v) is 3.72. The minimum Gasteiger partial charge on any atom is -0.508 e. The van der Waals surface area contributed by atoms with Gasteiger partial charge in [0.25, 0.3) is 0 Å². The zero-order valence-corrected chi connectivity index (χ0v) is 11.4. The van der Waals surface area contributed by atoms with Gasteiger partial charge in [0.15, 0.2) is 0 Å². The summed E-state index contributed by atoms with van der Waals surface area (Å²) in [6.07, 6.45) is 3.96. The summed E-state index contributed by atoms with van der Waals surface area (Å²) in [4.78, 5) is 0. The Bertz CT molecular complexity index is 662. The van der Waals surface area contributed by atoms with Gasteiger partial charge < -0.3 is 16.2 Å². The van der Waals surface area contributed by atoms with Crippen LogP contribution in [0, 0.1) is 0 Å². The number of hydrogen-bond donors (Lipinski definition) is 3. The summed E-state index contributed by atoms with van der Waals surface area (Å²) in [5.41, 5.74) is 9.99. The first-order valence-corrected chi connectivity index (χ1v) is 6.77. The van der Waals surface area contributed by atoms with E-state index in [1.54, 1.807) is 6.07 Å². The first-order chi connectivity index (χ1) is 9.66. The Morgan fingerprint density at radius 1 is 1.15 bits per heavy atom. The van der Waals surface area contributed by atoms with Crippen LogP contribution in [0.5, 0.6) is 5.75 Å². The molecule has 0 saturated carbocycles. The van der Waals surface area contributed by atoms with Crippen molar-refractivity contribution >= 4 is 6.08 Å². The Labute approximate surface area is 118 Å². The van der Waals surface area contributed by atoms with Crippen LogP contribution in [-0.4, -0.2) is 5.11 Å². The molecule has 0 spiro atoms. The van der Waals surface area contributed by atoms with Gasteiger partial charge >= 0.3 is 0 Å². The Morgan fingerprint density at radius 2 is 1.95 bits per heavy atom. The highest BCUT2D eigenvalue weighted by Crippen LogP contribution is 2.34. The van der Waals surface area contributed by atoms with Gasteiger partial charge in [-0.25, -0.2) is 0 Å². The van der Waals surface area contributed by atoms with Gasteiger partial charge in [-0.3, -0.25) is 0 Å². The maximum atomic E-state index is 10.3. The van der Waals surface area contributed by atoms with Crippen LogP contribution in [0.4, 0.5) is 0 Å². The van der Waals surface area contributed by atoms with Crippen LogP contribution < -0.4 is 11.1 Å². The maximum Gasteiger partial charge on any atom is 0.121 e. The van der Waals surface area contributed by atoms with Crippen LogP contribution in [-0.2, 0) is 0 Å². The smallest absolute Gasteiger partial charge is 0.121 e. The SMILES string of the molecule is CC(N)c1ccc(C2NC=Cc3ccccc32)c(O)c1. The second-order valence-electron chi connectivity index (χ2n) is 5.17. The summed E-state index contributed by atoms with van der Waals surface area (Å²) in [5, 5.41) is 13.6. The number of nitrogens with two attached hydrogens (primary N) is 1. The van der Waals surface area contributed by atoms with Crippen LogP contribution in [0.3, 0.4) is 0 Å². The molecule has 0 bridgehead atoms. The standard InChI is InChI=1S/C17H18N2O/c1-11(18)13-6-7-15(16(20)10-13)17-14-5-3-2-4-12(14)8-9-19-17/h2-11,17,19-20H,18H2,1H3. The summed E-state index contributed by atoms with van der Waals surface area (Å²) in [6, 6.07) is 13.7. The molecule has 3 rings (SSSR count). The lowest BCUT2D eigenvalue weighted by atomic mass is 9.91. The highest BCUT2D eigenvalue weighted by atomic mass is 16.3. The molecule has 4 N–H and O–H groups in total. The molecular formula is C17H18N2O. The molecule has 0 aliphatic carbocycles. The number of phenols is 1. The van der Waals surface area contributed by atoms with E-state index < -0.39 is 0 Å². The van der Waals surface area contributed by atoms with E-state index in [-0.39, 0.29) is 17.8 Å². The molecule has 2 aromatic carbocycles. The van der Waals surface area contributed by atoms with Crippen molar-refractivity contribution in [2.24, 2.45) is 5.73 Å². The van der Waals surface area contributed by atoms with Crippen LogP contribution in [0.1, 0.15) is 41.3 Å². The minimum absolute atomic E-state index is 0.0293. The van der Waals surface area contributed by atoms with Crippen molar-refractivity contribution < 1.29 is 5.11 Å². The van der Waals surface area contributed by atoms with Crippen molar-refractivity contribution in [1.29, 1.82) is 0 Å². The molecule has 1 heterocycles. The molecule has 2 unspecified atom stereocenters. The van der Waals surface area contributed by atoms with E-state index in [4.69, 9.17) is 5.73 Å². The normalized spacial score (nSPS) is 18.2. The fourth-order valence-corrected chi connectivity index (χ4v) is 2.59. The molecule has 2 aromatic rings. The fourth-order valence-electron chi connectivity index (χ4n) is 2.59. The summed E-state index contributed by atoms with van der Waals surface area (Å²) in [6.45, 7) is 1.91. The van der Waals surface area contributed by atoms with Crippen LogP contribution in [0.15, 0.2) is 48.7 Å². The van der Waals surface area contributed by atoms with E-state index >= 15 is 0 Å². The van der Waals surface area contributed by atoms with E-state index in [1.165, 1.54) is 11.1 Å². The Morgan fingerprint density at radius 3 is 2.70 bits per heavy atom. The molecule has 1 aliphatic rings. The monoisotopic (exact) mass is 266 g/mol. The Hall–Kier alpha value is -2.26. The van der Waals surface area contributed by atoms with E-state index in [9.17, 15) is 5.11 Å². The van der Waals surface area contributed by atoms with E-state index in [0.717, 1.165) is 11.1 Å². The highest BCUT2D eigenvalue weighted by molar-refractivity contribution is 5.60. The molecule has 3 nitrogen and oxygen atoms in total. The van der Waals surface area contributed by atoms with Crippen molar-refractivity contribution in [3.63, 3.8) is 0 Å². The number of fused-ring (bicyclic) bond motifs is 1. The lowest BCUT2D eigenvalue weighted by molar-refractivity contribution is 0.460. The van der Waals surface area contributed by atoms with Gasteiger partial charge in [-0.1, -0.05) is 36.4 Å². The van der Waals surface area contributed by atoms with Gasteiger partial charge in [-0.15, -0.1) is 0 Å². The Balaban J connectivity index is 2.04. The zero-order valence-electron chi connectivity index (χ0n) is 11.4. The lowest BCUT2D eigenvalue weighted by Gasteiger charge is -2.25. The quantitative estimate of drug-likeness (QED) is 0.783. The fraction of sp³-hybridized carbons (Fsp3) is 0.176. The largest absolute Gasteiger partial charge is 0.508 e. The molecule has 0 fully saturated rings. The van der Waals surface area contributed by atoms with Gasteiger partial charge in [0, 0.05) is 11.6 Å². The van der Waals surface area contributed by atoms with Crippen molar-refractivity contribution in [3.8, 4) is 5.75 Å². The molecule has 0 radical (unpaired) electrons. The first kappa shape index (κ1) is 12.8. The molecular weight excluding hydrogens is 248 g/mol. The van der Waals surface area contributed by atoms with Gasteiger partial charge in [-0.05, 0) is 42.0 Å². The molecule has 0 saturated heterocycles. The predicted molar refractivity (Wildman–Crippen MR) is 81.2 cm³/mol. The number of rotatable bonds is 2. The second-order valence-corrected chi connectivity index (χ2v) is 5.17. The van der Waals surface area contributed by atoms with Crippen molar-refractivity contribution in [3.05, 3.63) is 70.9 Å². The predicted octanol–water partition coefficient (Wildman–Crippen LogP) is 3.08. The molecule has 1 aliphatic heterocycles. The van der Waals surface area contributed by atoms with Crippen LogP contribution in [0.2, 0.25) is 0 Å². The molecule has 2 atom stereocenters. The van der Waals surface area contributed by atoms with E-state index in [1.807, 2.05) is 43.5 Å². The molecule has 0 aromatic heterocycles. The number of aromatic hydroxyl groups is 1. The average Bonchev–Trinajstić information content (AvgIpc) is 2.46. The summed E-state index contributed by atoms with van der Waals surface area (Å²) < 4.78 is 0. The summed E-state index contributed by atoms with van der Waals surface area (Å²) >= 11 is 0. The van der Waals surface area contributed by atoms with Crippen molar-refractivity contribution in [2.45, 2.75) is 19.0 Å².